The van der Waals surface area contributed by atoms with E-state index < -0.39 is 0 Å². The number of hydrogen-bond donors (Lipinski definition) is 2. The number of hydrogen-bond acceptors (Lipinski definition) is 2. The van der Waals surface area contributed by atoms with Gasteiger partial charge < -0.3 is 10.8 Å². The van der Waals surface area contributed by atoms with Gasteiger partial charge >= 0.3 is 0 Å². The molecule has 0 unspecified atom stereocenters. The van der Waals surface area contributed by atoms with Gasteiger partial charge in [-0.2, -0.15) is 0 Å². The van der Waals surface area contributed by atoms with E-state index in [1.807, 2.05) is 0 Å². The topological polar surface area (TPSA) is 46.2 Å². The summed E-state index contributed by atoms with van der Waals surface area (Å²) in [7, 11) is 0. The minimum Gasteiger partial charge on any atom is -0.393 e. The number of nitrogens with two attached hydrogens (primary N) is 1. The van der Waals surface area contributed by atoms with Gasteiger partial charge in [0.25, 0.3) is 0 Å². The van der Waals surface area contributed by atoms with Crippen LogP contribution in [-0.2, 0) is 0 Å². The standard InChI is InChI=1S/C8H17NO/c1-8(2)5-6(9)3-4-7(8)10/h6-7,10H,3-5,9H2,1-2H3/t6-,7-/m1/s1. The molecule has 2 heteroatoms. The van der Waals surface area contributed by atoms with Crippen LogP contribution in [0, 0.1) is 5.41 Å². The summed E-state index contributed by atoms with van der Waals surface area (Å²) in [6.45, 7) is 4.16. The summed E-state index contributed by atoms with van der Waals surface area (Å²) < 4.78 is 0. The third-order valence-corrected chi connectivity index (χ3v) is 2.50. The molecule has 0 spiro atoms. The van der Waals surface area contributed by atoms with Gasteiger partial charge in [0.2, 0.25) is 0 Å². The van der Waals surface area contributed by atoms with Crippen LogP contribution in [0.3, 0.4) is 0 Å². The molecule has 1 aliphatic carbocycles. The largest absolute Gasteiger partial charge is 0.393 e. The van der Waals surface area contributed by atoms with E-state index in [9.17, 15) is 5.11 Å². The minimum atomic E-state index is -0.146. The van der Waals surface area contributed by atoms with Crippen LogP contribution < -0.4 is 5.73 Å². The molecule has 0 aromatic carbocycles. The Hall–Kier alpha value is -0.0800. The molecule has 1 saturated carbocycles. The van der Waals surface area contributed by atoms with Crippen molar-refractivity contribution in [1.82, 2.24) is 0 Å². The van der Waals surface area contributed by atoms with Crippen molar-refractivity contribution in [3.63, 3.8) is 0 Å². The third kappa shape index (κ3) is 1.50. The van der Waals surface area contributed by atoms with Crippen molar-refractivity contribution in [3.8, 4) is 0 Å². The quantitative estimate of drug-likeness (QED) is 0.529. The van der Waals surface area contributed by atoms with Gasteiger partial charge in [0.1, 0.15) is 0 Å². The van der Waals surface area contributed by atoms with Crippen LogP contribution in [0.1, 0.15) is 33.1 Å². The Labute approximate surface area is 62.4 Å². The molecule has 1 rings (SSSR count). The summed E-state index contributed by atoms with van der Waals surface area (Å²) in [4.78, 5) is 0. The monoisotopic (exact) mass is 143 g/mol. The SMILES string of the molecule is CC1(C)C[C@H](N)CC[C@H]1O. The summed E-state index contributed by atoms with van der Waals surface area (Å²) >= 11 is 0. The van der Waals surface area contributed by atoms with Gasteiger partial charge in [-0.25, -0.2) is 0 Å². The van der Waals surface area contributed by atoms with Gasteiger partial charge in [0.15, 0.2) is 0 Å². The Kier molecular flexibility index (Phi) is 2.02. The maximum Gasteiger partial charge on any atom is 0.0592 e. The third-order valence-electron chi connectivity index (χ3n) is 2.50. The van der Waals surface area contributed by atoms with Crippen molar-refractivity contribution >= 4 is 0 Å². The highest BCUT2D eigenvalue weighted by molar-refractivity contribution is 4.87. The molecule has 0 aliphatic heterocycles. The Morgan fingerprint density at radius 3 is 2.40 bits per heavy atom. The molecule has 60 valence electrons. The van der Waals surface area contributed by atoms with E-state index in [4.69, 9.17) is 5.73 Å². The Balaban J connectivity index is 2.55. The number of rotatable bonds is 0. The van der Waals surface area contributed by atoms with E-state index in [0.29, 0.717) is 6.04 Å². The van der Waals surface area contributed by atoms with E-state index in [2.05, 4.69) is 13.8 Å². The normalized spacial score (nSPS) is 39.6. The van der Waals surface area contributed by atoms with E-state index in [1.54, 1.807) is 0 Å². The van der Waals surface area contributed by atoms with Crippen LogP contribution in [-0.4, -0.2) is 17.3 Å². The smallest absolute Gasteiger partial charge is 0.0592 e. The Bertz CT molecular complexity index is 122. The number of aliphatic hydroxyl groups excluding tert-OH is 1. The Morgan fingerprint density at radius 2 is 2.00 bits per heavy atom. The summed E-state index contributed by atoms with van der Waals surface area (Å²) in [6.07, 6.45) is 2.65. The first-order chi connectivity index (χ1) is 4.52. The van der Waals surface area contributed by atoms with Crippen molar-refractivity contribution in [1.29, 1.82) is 0 Å². The molecule has 0 amide bonds. The average Bonchev–Trinajstić information content (AvgIpc) is 1.78. The second kappa shape index (κ2) is 2.51. The lowest BCUT2D eigenvalue weighted by molar-refractivity contribution is 0.00674. The zero-order valence-corrected chi connectivity index (χ0v) is 6.80. The minimum absolute atomic E-state index is 0.0394. The molecule has 1 fully saturated rings. The van der Waals surface area contributed by atoms with Crippen molar-refractivity contribution in [2.45, 2.75) is 45.3 Å². The summed E-state index contributed by atoms with van der Waals surface area (Å²) in [5.74, 6) is 0. The molecule has 0 heterocycles. The maximum atomic E-state index is 9.50. The summed E-state index contributed by atoms with van der Waals surface area (Å²) in [5, 5.41) is 9.50. The second-order valence-corrected chi connectivity index (χ2v) is 4.05. The molecule has 0 saturated heterocycles. The Morgan fingerprint density at radius 1 is 1.40 bits per heavy atom. The zero-order valence-electron chi connectivity index (χ0n) is 6.80. The van der Waals surface area contributed by atoms with Crippen molar-refractivity contribution < 1.29 is 5.11 Å². The molecule has 1 aliphatic rings. The molecule has 0 aromatic heterocycles. The fraction of sp³-hybridized carbons (Fsp3) is 1.00. The van der Waals surface area contributed by atoms with E-state index in [-0.39, 0.29) is 11.5 Å². The molecule has 2 atom stereocenters. The molecular formula is C8H17NO. The molecule has 0 radical (unpaired) electrons. The van der Waals surface area contributed by atoms with Crippen LogP contribution in [0.25, 0.3) is 0 Å². The second-order valence-electron chi connectivity index (χ2n) is 4.05. The zero-order chi connectivity index (χ0) is 7.78. The van der Waals surface area contributed by atoms with Gasteiger partial charge in [-0.05, 0) is 24.7 Å². The fourth-order valence-electron chi connectivity index (χ4n) is 1.68. The van der Waals surface area contributed by atoms with Crippen LogP contribution in [0.4, 0.5) is 0 Å². The molecule has 0 bridgehead atoms. The molecule has 2 nitrogen and oxygen atoms in total. The van der Waals surface area contributed by atoms with Crippen molar-refractivity contribution in [2.75, 3.05) is 0 Å². The predicted octanol–water partition coefficient (Wildman–Crippen LogP) is 0.885. The fourth-order valence-corrected chi connectivity index (χ4v) is 1.68. The summed E-state index contributed by atoms with van der Waals surface area (Å²) in [5.41, 5.74) is 5.80. The molecule has 3 N–H and O–H groups in total. The first-order valence-electron chi connectivity index (χ1n) is 3.96. The van der Waals surface area contributed by atoms with Gasteiger partial charge in [0.05, 0.1) is 6.10 Å². The first-order valence-corrected chi connectivity index (χ1v) is 3.96. The van der Waals surface area contributed by atoms with Crippen LogP contribution >= 0.6 is 0 Å². The highest BCUT2D eigenvalue weighted by Crippen LogP contribution is 2.34. The van der Waals surface area contributed by atoms with Crippen molar-refractivity contribution in [3.05, 3.63) is 0 Å². The van der Waals surface area contributed by atoms with Crippen LogP contribution in [0.2, 0.25) is 0 Å². The predicted molar refractivity (Wildman–Crippen MR) is 41.6 cm³/mol. The number of aliphatic hydroxyl groups is 1. The van der Waals surface area contributed by atoms with Crippen molar-refractivity contribution in [2.24, 2.45) is 11.1 Å². The first kappa shape index (κ1) is 8.02. The van der Waals surface area contributed by atoms with E-state index >= 15 is 0 Å². The van der Waals surface area contributed by atoms with Gasteiger partial charge in [-0.3, -0.25) is 0 Å². The van der Waals surface area contributed by atoms with E-state index in [0.717, 1.165) is 19.3 Å². The van der Waals surface area contributed by atoms with Crippen LogP contribution in [0.5, 0.6) is 0 Å². The van der Waals surface area contributed by atoms with Crippen LogP contribution in [0.15, 0.2) is 0 Å². The highest BCUT2D eigenvalue weighted by Gasteiger charge is 2.33. The molecule has 10 heavy (non-hydrogen) atoms. The van der Waals surface area contributed by atoms with Gasteiger partial charge in [-0.1, -0.05) is 13.8 Å². The lowest BCUT2D eigenvalue weighted by Crippen LogP contribution is -2.41. The highest BCUT2D eigenvalue weighted by atomic mass is 16.3. The van der Waals surface area contributed by atoms with Gasteiger partial charge in [-0.15, -0.1) is 0 Å². The molecular weight excluding hydrogens is 126 g/mol. The lowest BCUT2D eigenvalue weighted by atomic mass is 9.73. The molecule has 0 aromatic rings. The average molecular weight is 143 g/mol. The van der Waals surface area contributed by atoms with E-state index in [1.165, 1.54) is 0 Å². The lowest BCUT2D eigenvalue weighted by Gasteiger charge is -2.38. The van der Waals surface area contributed by atoms with Gasteiger partial charge in [0, 0.05) is 6.04 Å². The summed E-state index contributed by atoms with van der Waals surface area (Å²) in [6, 6.07) is 0.304. The maximum absolute atomic E-state index is 9.50.